The molecule has 0 bridgehead atoms. The Labute approximate surface area is 164 Å². The largest absolute Gasteiger partial charge is 0.507 e. The number of nitrogens with one attached hydrogen (secondary N) is 1. The van der Waals surface area contributed by atoms with Gasteiger partial charge in [-0.2, -0.15) is 5.10 Å². The number of nitrogens with zero attached hydrogens (tertiary/aromatic N) is 1. The van der Waals surface area contributed by atoms with Crippen LogP contribution in [0, 0.1) is 0 Å². The van der Waals surface area contributed by atoms with Crippen LogP contribution in [-0.2, 0) is 4.79 Å². The lowest BCUT2D eigenvalue weighted by molar-refractivity contribution is -0.123. The van der Waals surface area contributed by atoms with E-state index in [9.17, 15) is 9.90 Å². The summed E-state index contributed by atoms with van der Waals surface area (Å²) in [6.07, 6.45) is 1.39. The Morgan fingerprint density at radius 3 is 2.75 bits per heavy atom. The Bertz CT molecular complexity index is 801. The third-order valence-corrected chi connectivity index (χ3v) is 4.58. The van der Waals surface area contributed by atoms with E-state index in [1.165, 1.54) is 18.3 Å². The third-order valence-electron chi connectivity index (χ3n) is 2.71. The van der Waals surface area contributed by atoms with Crippen LogP contribution in [0.15, 0.2) is 44.4 Å². The second-order valence-corrected chi connectivity index (χ2v) is 7.03. The molecule has 0 heterocycles. The van der Waals surface area contributed by atoms with Crippen molar-refractivity contribution in [2.75, 3.05) is 6.61 Å². The van der Waals surface area contributed by atoms with Gasteiger partial charge >= 0.3 is 0 Å². The number of ether oxygens (including phenoxy) is 1. The van der Waals surface area contributed by atoms with Crippen LogP contribution in [0.5, 0.6) is 11.5 Å². The molecule has 2 aromatic rings. The number of carbonyl (C=O) groups is 1. The monoisotopic (exact) mass is 494 g/mol. The molecule has 0 fully saturated rings. The van der Waals surface area contributed by atoms with Gasteiger partial charge in [-0.3, -0.25) is 4.79 Å². The minimum absolute atomic E-state index is 0.0601. The van der Waals surface area contributed by atoms with Crippen molar-refractivity contribution in [3.63, 3.8) is 0 Å². The van der Waals surface area contributed by atoms with Crippen LogP contribution in [0.4, 0.5) is 0 Å². The van der Waals surface area contributed by atoms with Gasteiger partial charge in [0.05, 0.1) is 15.7 Å². The van der Waals surface area contributed by atoms with E-state index >= 15 is 0 Å². The van der Waals surface area contributed by atoms with Crippen LogP contribution in [0.2, 0.25) is 10.0 Å². The smallest absolute Gasteiger partial charge is 0.277 e. The second kappa shape index (κ2) is 8.71. The van der Waals surface area contributed by atoms with Gasteiger partial charge in [0.2, 0.25) is 0 Å². The van der Waals surface area contributed by atoms with Crippen molar-refractivity contribution in [3.8, 4) is 11.5 Å². The molecule has 0 saturated heterocycles. The molecule has 24 heavy (non-hydrogen) atoms. The number of phenols is 1. The minimum atomic E-state index is -0.472. The van der Waals surface area contributed by atoms with Gasteiger partial charge < -0.3 is 9.84 Å². The molecule has 0 saturated carbocycles. The number of hydrogen-bond donors (Lipinski definition) is 2. The predicted octanol–water partition coefficient (Wildman–Crippen LogP) is 4.75. The molecule has 126 valence electrons. The van der Waals surface area contributed by atoms with Crippen LogP contribution in [0.25, 0.3) is 0 Å². The molecule has 0 atom stereocenters. The molecule has 2 rings (SSSR count). The highest BCUT2D eigenvalue weighted by Crippen LogP contribution is 2.30. The number of carbonyl (C=O) groups excluding carboxylic acids is 1. The number of hydrogen-bond acceptors (Lipinski definition) is 4. The predicted molar refractivity (Wildman–Crippen MR) is 101 cm³/mol. The highest BCUT2D eigenvalue weighted by molar-refractivity contribution is 9.11. The Morgan fingerprint density at radius 2 is 2.00 bits per heavy atom. The lowest BCUT2D eigenvalue weighted by Gasteiger charge is -2.07. The van der Waals surface area contributed by atoms with E-state index in [0.29, 0.717) is 30.3 Å². The first-order valence-corrected chi connectivity index (χ1v) is 8.79. The van der Waals surface area contributed by atoms with Gasteiger partial charge in [-0.05, 0) is 40.2 Å². The van der Waals surface area contributed by atoms with Crippen molar-refractivity contribution >= 4 is 67.2 Å². The first-order valence-electron chi connectivity index (χ1n) is 6.44. The van der Waals surface area contributed by atoms with Gasteiger partial charge in [-0.1, -0.05) is 39.1 Å². The average Bonchev–Trinajstić information content (AvgIpc) is 2.53. The van der Waals surface area contributed by atoms with E-state index in [4.69, 9.17) is 27.9 Å². The summed E-state index contributed by atoms with van der Waals surface area (Å²) in [6.45, 7) is -0.274. The molecule has 0 aliphatic carbocycles. The topological polar surface area (TPSA) is 70.9 Å². The number of rotatable bonds is 5. The summed E-state index contributed by atoms with van der Waals surface area (Å²) in [4.78, 5) is 11.7. The molecule has 9 heteroatoms. The molecular weight excluding hydrogens is 487 g/mol. The van der Waals surface area contributed by atoms with Gasteiger partial charge in [-0.25, -0.2) is 5.43 Å². The fourth-order valence-electron chi connectivity index (χ4n) is 1.59. The van der Waals surface area contributed by atoms with Gasteiger partial charge in [0.1, 0.15) is 11.5 Å². The number of halogens is 4. The lowest BCUT2D eigenvalue weighted by Crippen LogP contribution is -2.24. The molecule has 0 aliphatic rings. The van der Waals surface area contributed by atoms with Gasteiger partial charge in [0, 0.05) is 21.1 Å². The maximum Gasteiger partial charge on any atom is 0.277 e. The number of phenolic OH excluding ortho intramolecular Hbond substituents is 1. The molecule has 2 N–H and O–H groups in total. The quantitative estimate of drug-likeness (QED) is 0.463. The van der Waals surface area contributed by atoms with Crippen molar-refractivity contribution in [1.29, 1.82) is 0 Å². The fraction of sp³-hybridized carbons (Fsp3) is 0.0667. The Balaban J connectivity index is 1.91. The highest BCUT2D eigenvalue weighted by atomic mass is 79.9. The third kappa shape index (κ3) is 5.37. The second-order valence-electron chi connectivity index (χ2n) is 4.48. The summed E-state index contributed by atoms with van der Waals surface area (Å²) in [7, 11) is 0. The Hall–Kier alpha value is -1.28. The molecule has 0 radical (unpaired) electrons. The molecule has 0 aliphatic heterocycles. The van der Waals surface area contributed by atoms with Gasteiger partial charge in [0.15, 0.2) is 6.61 Å². The molecular formula is C15H10Br2Cl2N2O3. The van der Waals surface area contributed by atoms with Gasteiger partial charge in [0.25, 0.3) is 5.91 Å². The summed E-state index contributed by atoms with van der Waals surface area (Å²) < 4.78 is 6.53. The van der Waals surface area contributed by atoms with Crippen molar-refractivity contribution in [1.82, 2.24) is 5.43 Å². The molecule has 2 aromatic carbocycles. The summed E-state index contributed by atoms with van der Waals surface area (Å²) in [5.41, 5.74) is 2.90. The maximum absolute atomic E-state index is 11.7. The van der Waals surface area contributed by atoms with Gasteiger partial charge in [-0.15, -0.1) is 0 Å². The SMILES string of the molecule is O=C(COc1cc(Cl)ccc1Cl)N/N=C\c1cc(O)c(Br)cc1Br. The fourth-order valence-corrected chi connectivity index (χ4v) is 3.02. The lowest BCUT2D eigenvalue weighted by atomic mass is 10.2. The summed E-state index contributed by atoms with van der Waals surface area (Å²) in [5.74, 6) is -0.103. The minimum Gasteiger partial charge on any atom is -0.507 e. The zero-order chi connectivity index (χ0) is 17.7. The standard InChI is InChI=1S/C15H10Br2Cl2N2O3/c16-10-5-11(17)13(22)3-8(10)6-20-21-15(23)7-24-14-4-9(18)1-2-12(14)19/h1-6,22H,7H2,(H,21,23)/b20-6-. The molecule has 0 unspecified atom stereocenters. The van der Waals surface area contributed by atoms with Crippen LogP contribution < -0.4 is 10.2 Å². The Kier molecular flexibility index (Phi) is 6.91. The van der Waals surface area contributed by atoms with Crippen molar-refractivity contribution in [3.05, 3.63) is 54.9 Å². The summed E-state index contributed by atoms with van der Waals surface area (Å²) in [5, 5.41) is 14.2. The van der Waals surface area contributed by atoms with Crippen molar-refractivity contribution < 1.29 is 14.6 Å². The zero-order valence-electron chi connectivity index (χ0n) is 11.9. The summed E-state index contributed by atoms with van der Waals surface area (Å²) >= 11 is 18.3. The molecule has 0 aromatic heterocycles. The highest BCUT2D eigenvalue weighted by Gasteiger charge is 2.07. The van der Waals surface area contributed by atoms with E-state index in [0.717, 1.165) is 0 Å². The van der Waals surface area contributed by atoms with E-state index in [1.807, 2.05) is 0 Å². The van der Waals surface area contributed by atoms with Crippen LogP contribution in [0.3, 0.4) is 0 Å². The number of benzene rings is 2. The molecule has 0 spiro atoms. The van der Waals surface area contributed by atoms with E-state index in [2.05, 4.69) is 42.4 Å². The average molecular weight is 497 g/mol. The molecule has 1 amide bonds. The number of amides is 1. The van der Waals surface area contributed by atoms with Crippen LogP contribution >= 0.6 is 55.1 Å². The van der Waals surface area contributed by atoms with Crippen LogP contribution in [-0.4, -0.2) is 23.8 Å². The first-order chi connectivity index (χ1) is 11.4. The van der Waals surface area contributed by atoms with E-state index in [1.54, 1.807) is 18.2 Å². The summed E-state index contributed by atoms with van der Waals surface area (Å²) in [6, 6.07) is 7.87. The molecule has 5 nitrogen and oxygen atoms in total. The van der Waals surface area contributed by atoms with E-state index < -0.39 is 5.91 Å². The maximum atomic E-state index is 11.7. The van der Waals surface area contributed by atoms with Crippen molar-refractivity contribution in [2.24, 2.45) is 5.10 Å². The van der Waals surface area contributed by atoms with Crippen molar-refractivity contribution in [2.45, 2.75) is 0 Å². The normalized spacial score (nSPS) is 10.8. The van der Waals surface area contributed by atoms with Crippen LogP contribution in [0.1, 0.15) is 5.56 Å². The zero-order valence-corrected chi connectivity index (χ0v) is 16.6. The Morgan fingerprint density at radius 1 is 1.25 bits per heavy atom. The number of hydrazone groups is 1. The first kappa shape index (κ1) is 19.1. The number of aromatic hydroxyl groups is 1. The van der Waals surface area contributed by atoms with E-state index in [-0.39, 0.29) is 12.4 Å².